The summed E-state index contributed by atoms with van der Waals surface area (Å²) < 4.78 is 4.96. The summed E-state index contributed by atoms with van der Waals surface area (Å²) in [7, 11) is 3.34. The third-order valence-electron chi connectivity index (χ3n) is 1.77. The average molecular weight is 188 g/mol. The highest BCUT2D eigenvalue weighted by Crippen LogP contribution is 1.88. The van der Waals surface area contributed by atoms with Crippen LogP contribution in [0.1, 0.15) is 19.8 Å². The van der Waals surface area contributed by atoms with E-state index < -0.39 is 0 Å². The van der Waals surface area contributed by atoms with Gasteiger partial charge in [0.2, 0.25) is 5.91 Å². The Morgan fingerprint density at radius 2 is 2.23 bits per heavy atom. The van der Waals surface area contributed by atoms with Crippen LogP contribution in [-0.2, 0) is 9.53 Å². The van der Waals surface area contributed by atoms with Crippen LogP contribution in [0.3, 0.4) is 0 Å². The number of rotatable bonds is 7. The highest BCUT2D eigenvalue weighted by molar-refractivity contribution is 5.75. The fourth-order valence-corrected chi connectivity index (χ4v) is 1.03. The number of carbonyl (C=O) groups is 1. The molecule has 4 heteroatoms. The first-order chi connectivity index (χ1) is 6.20. The van der Waals surface area contributed by atoms with Crippen LogP contribution in [0.5, 0.6) is 0 Å². The lowest BCUT2D eigenvalue weighted by Gasteiger charge is -2.11. The van der Waals surface area contributed by atoms with Crippen molar-refractivity contribution in [2.24, 2.45) is 0 Å². The molecular weight excluding hydrogens is 168 g/mol. The maximum Gasteiger partial charge on any atom is 0.219 e. The minimum absolute atomic E-state index is 0.0983. The van der Waals surface area contributed by atoms with Crippen LogP contribution in [0.15, 0.2) is 0 Å². The molecule has 78 valence electrons. The molecule has 0 spiro atoms. The van der Waals surface area contributed by atoms with Gasteiger partial charge in [-0.2, -0.15) is 0 Å². The highest BCUT2D eigenvalue weighted by Gasteiger charge is 2.00. The lowest BCUT2D eigenvalue weighted by Crippen LogP contribution is -2.31. The first-order valence-electron chi connectivity index (χ1n) is 4.63. The fourth-order valence-electron chi connectivity index (χ4n) is 1.03. The minimum Gasteiger partial charge on any atom is -0.383 e. The van der Waals surface area contributed by atoms with Crippen molar-refractivity contribution in [2.75, 3.05) is 27.3 Å². The van der Waals surface area contributed by atoms with Gasteiger partial charge in [0, 0.05) is 26.6 Å². The van der Waals surface area contributed by atoms with Crippen molar-refractivity contribution >= 4 is 5.91 Å². The van der Waals surface area contributed by atoms with Crippen molar-refractivity contribution in [3.05, 3.63) is 0 Å². The second-order valence-electron chi connectivity index (χ2n) is 3.09. The summed E-state index contributed by atoms with van der Waals surface area (Å²) in [6.07, 6.45) is 1.46. The second kappa shape index (κ2) is 8.01. The zero-order valence-corrected chi connectivity index (χ0v) is 8.72. The second-order valence-corrected chi connectivity index (χ2v) is 3.09. The SMILES string of the molecule is CNC(=O)CCCNC(C)COC. The third-order valence-corrected chi connectivity index (χ3v) is 1.77. The monoisotopic (exact) mass is 188 g/mol. The van der Waals surface area contributed by atoms with E-state index in [-0.39, 0.29) is 5.91 Å². The Morgan fingerprint density at radius 3 is 2.77 bits per heavy atom. The summed E-state index contributed by atoms with van der Waals surface area (Å²) in [6.45, 7) is 3.63. The van der Waals surface area contributed by atoms with E-state index in [2.05, 4.69) is 17.6 Å². The van der Waals surface area contributed by atoms with E-state index in [1.54, 1.807) is 14.2 Å². The maximum absolute atomic E-state index is 10.8. The Balaban J connectivity index is 3.20. The van der Waals surface area contributed by atoms with Crippen LogP contribution in [0.25, 0.3) is 0 Å². The highest BCUT2D eigenvalue weighted by atomic mass is 16.5. The van der Waals surface area contributed by atoms with Gasteiger partial charge in [-0.3, -0.25) is 4.79 Å². The quantitative estimate of drug-likeness (QED) is 0.559. The number of methoxy groups -OCH3 is 1. The first kappa shape index (κ1) is 12.4. The number of ether oxygens (including phenoxy) is 1. The molecule has 0 rings (SSSR count). The summed E-state index contributed by atoms with van der Waals surface area (Å²) in [6, 6.07) is 0.356. The molecule has 0 saturated heterocycles. The number of hydrogen-bond acceptors (Lipinski definition) is 3. The summed E-state index contributed by atoms with van der Waals surface area (Å²) >= 11 is 0. The number of carbonyl (C=O) groups excluding carboxylic acids is 1. The molecule has 13 heavy (non-hydrogen) atoms. The zero-order chi connectivity index (χ0) is 10.1. The van der Waals surface area contributed by atoms with E-state index in [0.717, 1.165) is 13.0 Å². The molecule has 1 unspecified atom stereocenters. The Hall–Kier alpha value is -0.610. The van der Waals surface area contributed by atoms with Crippen molar-refractivity contribution in [1.29, 1.82) is 0 Å². The standard InChI is InChI=1S/C9H20N2O2/c1-8(7-13-3)11-6-4-5-9(12)10-2/h8,11H,4-7H2,1-3H3,(H,10,12). The Kier molecular flexibility index (Phi) is 7.63. The molecule has 0 aromatic carbocycles. The van der Waals surface area contributed by atoms with Gasteiger partial charge < -0.3 is 15.4 Å². The molecule has 1 atom stereocenters. The van der Waals surface area contributed by atoms with Gasteiger partial charge in [0.05, 0.1) is 6.61 Å². The van der Waals surface area contributed by atoms with E-state index in [1.165, 1.54) is 0 Å². The van der Waals surface area contributed by atoms with Crippen molar-refractivity contribution < 1.29 is 9.53 Å². The Morgan fingerprint density at radius 1 is 1.54 bits per heavy atom. The molecule has 0 aliphatic heterocycles. The smallest absolute Gasteiger partial charge is 0.219 e. The van der Waals surface area contributed by atoms with E-state index in [0.29, 0.717) is 19.1 Å². The number of hydrogen-bond donors (Lipinski definition) is 2. The van der Waals surface area contributed by atoms with Gasteiger partial charge in [0.15, 0.2) is 0 Å². The molecule has 0 fully saturated rings. The zero-order valence-electron chi connectivity index (χ0n) is 8.72. The van der Waals surface area contributed by atoms with Crippen LogP contribution >= 0.6 is 0 Å². The molecule has 0 bridgehead atoms. The molecule has 0 saturated carbocycles. The third kappa shape index (κ3) is 7.74. The molecule has 0 radical (unpaired) electrons. The molecular formula is C9H20N2O2. The Labute approximate surface area is 80.0 Å². The average Bonchev–Trinajstić information content (AvgIpc) is 2.12. The topological polar surface area (TPSA) is 50.4 Å². The van der Waals surface area contributed by atoms with Crippen LogP contribution in [0, 0.1) is 0 Å². The van der Waals surface area contributed by atoms with Crippen LogP contribution < -0.4 is 10.6 Å². The van der Waals surface area contributed by atoms with E-state index >= 15 is 0 Å². The maximum atomic E-state index is 10.8. The van der Waals surface area contributed by atoms with Crippen LogP contribution in [0.4, 0.5) is 0 Å². The molecule has 0 aliphatic rings. The van der Waals surface area contributed by atoms with Gasteiger partial charge in [0.25, 0.3) is 0 Å². The fraction of sp³-hybridized carbons (Fsp3) is 0.889. The van der Waals surface area contributed by atoms with Gasteiger partial charge in [-0.1, -0.05) is 0 Å². The minimum atomic E-state index is 0.0983. The van der Waals surface area contributed by atoms with Crippen molar-refractivity contribution in [3.63, 3.8) is 0 Å². The Bertz CT molecular complexity index is 140. The lowest BCUT2D eigenvalue weighted by molar-refractivity contribution is -0.120. The van der Waals surface area contributed by atoms with Crippen molar-refractivity contribution in [2.45, 2.75) is 25.8 Å². The van der Waals surface area contributed by atoms with Crippen LogP contribution in [-0.4, -0.2) is 39.3 Å². The molecule has 0 aromatic heterocycles. The van der Waals surface area contributed by atoms with Gasteiger partial charge in [-0.15, -0.1) is 0 Å². The van der Waals surface area contributed by atoms with Gasteiger partial charge in [-0.25, -0.2) is 0 Å². The largest absolute Gasteiger partial charge is 0.383 e. The molecule has 0 aromatic rings. The molecule has 0 heterocycles. The van der Waals surface area contributed by atoms with Crippen molar-refractivity contribution in [1.82, 2.24) is 10.6 Å². The lowest BCUT2D eigenvalue weighted by atomic mass is 10.2. The van der Waals surface area contributed by atoms with Gasteiger partial charge in [-0.05, 0) is 19.9 Å². The normalized spacial score (nSPS) is 12.5. The predicted molar refractivity (Wildman–Crippen MR) is 52.6 cm³/mol. The molecule has 1 amide bonds. The van der Waals surface area contributed by atoms with Crippen LogP contribution in [0.2, 0.25) is 0 Å². The predicted octanol–water partition coefficient (Wildman–Crippen LogP) is 0.137. The van der Waals surface area contributed by atoms with E-state index in [1.807, 2.05) is 0 Å². The number of nitrogens with one attached hydrogen (secondary N) is 2. The first-order valence-corrected chi connectivity index (χ1v) is 4.63. The molecule has 2 N–H and O–H groups in total. The van der Waals surface area contributed by atoms with E-state index in [4.69, 9.17) is 4.74 Å². The van der Waals surface area contributed by atoms with Crippen molar-refractivity contribution in [3.8, 4) is 0 Å². The molecule has 0 aliphatic carbocycles. The number of amides is 1. The summed E-state index contributed by atoms with van der Waals surface area (Å²) in [5, 5.41) is 5.84. The van der Waals surface area contributed by atoms with Gasteiger partial charge in [0.1, 0.15) is 0 Å². The summed E-state index contributed by atoms with van der Waals surface area (Å²) in [5.41, 5.74) is 0. The summed E-state index contributed by atoms with van der Waals surface area (Å²) in [5.74, 6) is 0.0983. The molecule has 4 nitrogen and oxygen atoms in total. The van der Waals surface area contributed by atoms with Gasteiger partial charge >= 0.3 is 0 Å². The van der Waals surface area contributed by atoms with E-state index in [9.17, 15) is 4.79 Å². The summed E-state index contributed by atoms with van der Waals surface area (Å²) in [4.78, 5) is 10.8.